The van der Waals surface area contributed by atoms with Crippen LogP contribution in [0.1, 0.15) is 18.6 Å². The molecule has 0 aliphatic heterocycles. The van der Waals surface area contributed by atoms with Gasteiger partial charge in [-0.1, -0.05) is 15.9 Å². The predicted molar refractivity (Wildman–Crippen MR) is 101 cm³/mol. The Balaban J connectivity index is 1.64. The quantitative estimate of drug-likeness (QED) is 0.596. The molecular formula is C17H16BrN3O3S. The van der Waals surface area contributed by atoms with Gasteiger partial charge >= 0.3 is 0 Å². The van der Waals surface area contributed by atoms with Gasteiger partial charge in [-0.25, -0.2) is 0 Å². The topological polar surface area (TPSA) is 80.0 Å². The molecule has 0 aliphatic rings. The summed E-state index contributed by atoms with van der Waals surface area (Å²) >= 11 is 8.63. The van der Waals surface area contributed by atoms with Crippen LogP contribution in [0.3, 0.4) is 0 Å². The highest BCUT2D eigenvalue weighted by Gasteiger charge is 2.08. The molecule has 0 aliphatic carbocycles. The van der Waals surface area contributed by atoms with Crippen LogP contribution < -0.4 is 10.9 Å². The number of aromatic amines is 1. The highest BCUT2D eigenvalue weighted by atomic mass is 79.9. The molecule has 0 radical (unpaired) electrons. The maximum atomic E-state index is 12.6. The summed E-state index contributed by atoms with van der Waals surface area (Å²) in [7, 11) is 0. The van der Waals surface area contributed by atoms with Gasteiger partial charge in [0.2, 0.25) is 5.91 Å². The van der Waals surface area contributed by atoms with E-state index in [4.69, 9.17) is 16.6 Å². The van der Waals surface area contributed by atoms with Crippen molar-refractivity contribution in [1.29, 1.82) is 0 Å². The van der Waals surface area contributed by atoms with Gasteiger partial charge in [-0.15, -0.1) is 0 Å². The van der Waals surface area contributed by atoms with Crippen molar-refractivity contribution in [3.63, 3.8) is 0 Å². The van der Waals surface area contributed by atoms with E-state index >= 15 is 0 Å². The molecule has 0 saturated heterocycles. The lowest BCUT2D eigenvalue weighted by Gasteiger charge is -2.08. The number of benzene rings is 1. The minimum Gasteiger partial charge on any atom is -0.467 e. The van der Waals surface area contributed by atoms with Gasteiger partial charge in [0.25, 0.3) is 5.56 Å². The molecule has 0 saturated carbocycles. The average Bonchev–Trinajstić information content (AvgIpc) is 3.10. The highest BCUT2D eigenvalue weighted by molar-refractivity contribution is 9.10. The van der Waals surface area contributed by atoms with Crippen LogP contribution in [0.15, 0.2) is 50.3 Å². The van der Waals surface area contributed by atoms with Gasteiger partial charge in [-0.3, -0.25) is 14.2 Å². The summed E-state index contributed by atoms with van der Waals surface area (Å²) in [5.41, 5.74) is 0.543. The van der Waals surface area contributed by atoms with E-state index in [0.717, 1.165) is 4.47 Å². The number of fused-ring (bicyclic) bond motifs is 1. The third-order valence-corrected chi connectivity index (χ3v) is 4.59. The molecule has 3 rings (SSSR count). The van der Waals surface area contributed by atoms with E-state index in [1.54, 1.807) is 24.5 Å². The van der Waals surface area contributed by atoms with E-state index in [-0.39, 0.29) is 11.5 Å². The average molecular weight is 422 g/mol. The van der Waals surface area contributed by atoms with Crippen molar-refractivity contribution in [2.24, 2.45) is 0 Å². The van der Waals surface area contributed by atoms with Crippen molar-refractivity contribution in [1.82, 2.24) is 14.9 Å². The zero-order valence-corrected chi connectivity index (χ0v) is 15.7. The summed E-state index contributed by atoms with van der Waals surface area (Å²) in [4.78, 5) is 27.5. The molecule has 0 bridgehead atoms. The molecule has 8 heteroatoms. The first kappa shape index (κ1) is 17.6. The molecule has 0 unspecified atom stereocenters. The summed E-state index contributed by atoms with van der Waals surface area (Å²) in [6.45, 7) is 0.737. The van der Waals surface area contributed by atoms with E-state index in [1.807, 2.05) is 12.1 Å². The third-order valence-electron chi connectivity index (χ3n) is 3.77. The number of hydrogen-bond acceptors (Lipinski definition) is 4. The van der Waals surface area contributed by atoms with Gasteiger partial charge < -0.3 is 14.7 Å². The Hall–Kier alpha value is -2.19. The molecule has 2 heterocycles. The predicted octanol–water partition coefficient (Wildman–Crippen LogP) is 3.51. The fraction of sp³-hybridized carbons (Fsp3) is 0.235. The summed E-state index contributed by atoms with van der Waals surface area (Å²) in [5.74, 6) is 0.606. The van der Waals surface area contributed by atoms with Crippen LogP contribution >= 0.6 is 28.1 Å². The van der Waals surface area contributed by atoms with Crippen LogP contribution in [0, 0.1) is 4.77 Å². The molecule has 3 aromatic rings. The Labute approximate surface area is 157 Å². The van der Waals surface area contributed by atoms with Gasteiger partial charge in [0, 0.05) is 17.4 Å². The van der Waals surface area contributed by atoms with Gasteiger partial charge in [-0.2, -0.15) is 0 Å². The standard InChI is InChI=1S/C17H16BrN3O3S/c18-11-5-6-14-13(9-11)16(23)21(17(25)20-14)7-1-4-15(22)19-10-12-3-2-8-24-12/h2-3,5-6,8-9H,1,4,7,10H2,(H,19,22)(H,20,25). The van der Waals surface area contributed by atoms with Crippen LogP contribution in [-0.4, -0.2) is 15.5 Å². The third kappa shape index (κ3) is 4.26. The number of nitrogens with one attached hydrogen (secondary N) is 2. The number of nitrogens with zero attached hydrogens (tertiary/aromatic N) is 1. The van der Waals surface area contributed by atoms with Crippen molar-refractivity contribution >= 4 is 45.0 Å². The summed E-state index contributed by atoms with van der Waals surface area (Å²) < 4.78 is 7.83. The number of H-pyrrole nitrogens is 1. The Morgan fingerprint density at radius 3 is 2.96 bits per heavy atom. The molecule has 130 valence electrons. The fourth-order valence-electron chi connectivity index (χ4n) is 2.51. The molecule has 2 N–H and O–H groups in total. The minimum absolute atomic E-state index is 0.0946. The largest absolute Gasteiger partial charge is 0.467 e. The lowest BCUT2D eigenvalue weighted by Crippen LogP contribution is -2.25. The van der Waals surface area contributed by atoms with Crippen LogP contribution in [0.25, 0.3) is 10.9 Å². The van der Waals surface area contributed by atoms with E-state index in [9.17, 15) is 9.59 Å². The molecule has 1 aromatic carbocycles. The maximum Gasteiger partial charge on any atom is 0.262 e. The van der Waals surface area contributed by atoms with E-state index in [2.05, 4.69) is 26.2 Å². The minimum atomic E-state index is -0.156. The van der Waals surface area contributed by atoms with E-state index < -0.39 is 0 Å². The van der Waals surface area contributed by atoms with E-state index in [0.29, 0.717) is 47.4 Å². The molecule has 6 nitrogen and oxygen atoms in total. The first-order valence-corrected chi connectivity index (χ1v) is 8.96. The highest BCUT2D eigenvalue weighted by Crippen LogP contribution is 2.15. The number of furan rings is 1. The zero-order chi connectivity index (χ0) is 17.8. The molecule has 0 fully saturated rings. The number of amides is 1. The van der Waals surface area contributed by atoms with E-state index in [1.165, 1.54) is 4.57 Å². The second-order valence-corrected chi connectivity index (χ2v) is 6.84. The lowest BCUT2D eigenvalue weighted by molar-refractivity contribution is -0.121. The molecule has 25 heavy (non-hydrogen) atoms. The van der Waals surface area contributed by atoms with Gasteiger partial charge in [0.15, 0.2) is 4.77 Å². The number of hydrogen-bond donors (Lipinski definition) is 2. The number of carbonyl (C=O) groups excluding carboxylic acids is 1. The smallest absolute Gasteiger partial charge is 0.262 e. The molecule has 0 spiro atoms. The van der Waals surface area contributed by atoms with Gasteiger partial charge in [0.1, 0.15) is 5.76 Å². The van der Waals surface area contributed by atoms with Gasteiger partial charge in [-0.05, 0) is 49.0 Å². The normalized spacial score (nSPS) is 10.9. The number of carbonyl (C=O) groups is 1. The lowest BCUT2D eigenvalue weighted by atomic mass is 10.2. The Kier molecular flexibility index (Phi) is 5.50. The van der Waals surface area contributed by atoms with Crippen molar-refractivity contribution in [2.75, 3.05) is 0 Å². The number of halogens is 1. The molecule has 1 amide bonds. The van der Waals surface area contributed by atoms with Crippen molar-refractivity contribution in [3.05, 3.63) is 62.0 Å². The summed E-state index contributed by atoms with van der Waals surface area (Å²) in [6.07, 6.45) is 2.38. The van der Waals surface area contributed by atoms with Crippen molar-refractivity contribution in [3.8, 4) is 0 Å². The number of aromatic nitrogens is 2. The van der Waals surface area contributed by atoms with Crippen LogP contribution in [0.2, 0.25) is 0 Å². The molecular weight excluding hydrogens is 406 g/mol. The summed E-state index contributed by atoms with van der Waals surface area (Å²) in [5, 5.41) is 3.34. The first-order valence-electron chi connectivity index (χ1n) is 7.76. The Morgan fingerprint density at radius 2 is 2.20 bits per heavy atom. The Bertz CT molecular complexity index is 1010. The van der Waals surface area contributed by atoms with Crippen molar-refractivity contribution < 1.29 is 9.21 Å². The zero-order valence-electron chi connectivity index (χ0n) is 13.3. The molecule has 0 atom stereocenters. The summed E-state index contributed by atoms with van der Waals surface area (Å²) in [6, 6.07) is 8.99. The van der Waals surface area contributed by atoms with Crippen LogP contribution in [0.5, 0.6) is 0 Å². The Morgan fingerprint density at radius 1 is 1.36 bits per heavy atom. The number of rotatable bonds is 6. The SMILES string of the molecule is O=C(CCCn1c(=S)[nH]c2ccc(Br)cc2c1=O)NCc1ccco1. The second kappa shape index (κ2) is 7.79. The fourth-order valence-corrected chi connectivity index (χ4v) is 3.16. The maximum absolute atomic E-state index is 12.6. The van der Waals surface area contributed by atoms with Crippen LogP contribution in [-0.2, 0) is 17.9 Å². The van der Waals surface area contributed by atoms with Crippen molar-refractivity contribution in [2.45, 2.75) is 25.9 Å². The first-order chi connectivity index (χ1) is 12.0. The molecule has 2 aromatic heterocycles. The van der Waals surface area contributed by atoms with Gasteiger partial charge in [0.05, 0.1) is 23.7 Å². The second-order valence-electron chi connectivity index (χ2n) is 5.54. The monoisotopic (exact) mass is 421 g/mol. The van der Waals surface area contributed by atoms with Crippen LogP contribution in [0.4, 0.5) is 0 Å².